The first-order valence-electron chi connectivity index (χ1n) is 8.43. The van der Waals surface area contributed by atoms with Gasteiger partial charge < -0.3 is 5.32 Å². The smallest absolute Gasteiger partial charge is 0.325 e. The topological polar surface area (TPSA) is 68.9 Å². The summed E-state index contributed by atoms with van der Waals surface area (Å²) < 4.78 is 3.24. The summed E-state index contributed by atoms with van der Waals surface area (Å²) >= 11 is 0. The van der Waals surface area contributed by atoms with E-state index in [0.717, 1.165) is 27.6 Å². The van der Waals surface area contributed by atoms with E-state index >= 15 is 0 Å². The van der Waals surface area contributed by atoms with Gasteiger partial charge in [-0.15, -0.1) is 0 Å². The van der Waals surface area contributed by atoms with Crippen molar-refractivity contribution in [3.8, 4) is 0 Å². The predicted octanol–water partition coefficient (Wildman–Crippen LogP) is 2.92. The molecule has 2 aromatic heterocycles. The molecule has 0 atom stereocenters. The summed E-state index contributed by atoms with van der Waals surface area (Å²) in [6, 6.07) is 17.0. The first-order valence-corrected chi connectivity index (χ1v) is 8.43. The number of amides is 1. The zero-order valence-electron chi connectivity index (χ0n) is 14.3. The van der Waals surface area contributed by atoms with E-state index < -0.39 is 0 Å². The van der Waals surface area contributed by atoms with Crippen molar-refractivity contribution in [3.05, 3.63) is 71.3 Å². The van der Waals surface area contributed by atoms with Gasteiger partial charge in [-0.25, -0.2) is 4.79 Å². The lowest BCUT2D eigenvalue weighted by molar-refractivity contribution is -0.116. The Kier molecular flexibility index (Phi) is 4.01. The molecule has 0 radical (unpaired) electrons. The monoisotopic (exact) mass is 346 g/mol. The number of carbonyl (C=O) groups is 1. The van der Waals surface area contributed by atoms with E-state index in [9.17, 15) is 9.59 Å². The van der Waals surface area contributed by atoms with Crippen LogP contribution in [0.3, 0.4) is 0 Å². The number of pyridine rings is 1. The number of nitrogens with one attached hydrogen (secondary N) is 1. The first kappa shape index (κ1) is 16.1. The molecule has 2 heterocycles. The van der Waals surface area contributed by atoms with Gasteiger partial charge in [0.25, 0.3) is 0 Å². The van der Waals surface area contributed by atoms with Gasteiger partial charge in [0.2, 0.25) is 5.91 Å². The molecule has 1 N–H and O–H groups in total. The van der Waals surface area contributed by atoms with E-state index in [1.54, 1.807) is 22.4 Å². The van der Waals surface area contributed by atoms with Gasteiger partial charge in [0.05, 0.1) is 22.2 Å². The number of carbonyl (C=O) groups excluding carboxylic acids is 1. The van der Waals surface area contributed by atoms with Crippen molar-refractivity contribution in [1.82, 2.24) is 14.1 Å². The minimum absolute atomic E-state index is 0.117. The van der Waals surface area contributed by atoms with Crippen LogP contribution in [0.1, 0.15) is 6.42 Å². The Balaban J connectivity index is 1.55. The van der Waals surface area contributed by atoms with Crippen LogP contribution in [0.5, 0.6) is 0 Å². The number of anilines is 1. The molecular formula is C20H18N4O2. The number of hydrogen-bond acceptors (Lipinski definition) is 3. The molecule has 1 amide bonds. The SMILES string of the molecule is Cn1c(=O)n(CCC(=O)Nc2cccc3ncccc23)c2ccccc21. The largest absolute Gasteiger partial charge is 0.328 e. The molecule has 2 aromatic carbocycles. The van der Waals surface area contributed by atoms with Gasteiger partial charge in [0, 0.05) is 31.6 Å². The molecule has 6 nitrogen and oxygen atoms in total. The van der Waals surface area contributed by atoms with Gasteiger partial charge in [0.15, 0.2) is 0 Å². The number of para-hydroxylation sites is 2. The summed E-state index contributed by atoms with van der Waals surface area (Å²) in [6.45, 7) is 0.328. The lowest BCUT2D eigenvalue weighted by Crippen LogP contribution is -2.24. The van der Waals surface area contributed by atoms with E-state index in [1.165, 1.54) is 0 Å². The third kappa shape index (κ3) is 2.75. The molecule has 0 spiro atoms. The molecule has 0 aliphatic rings. The molecule has 0 unspecified atom stereocenters. The van der Waals surface area contributed by atoms with Gasteiger partial charge >= 0.3 is 5.69 Å². The second-order valence-corrected chi connectivity index (χ2v) is 6.16. The van der Waals surface area contributed by atoms with Crippen LogP contribution in [-0.2, 0) is 18.4 Å². The lowest BCUT2D eigenvalue weighted by atomic mass is 10.2. The Hall–Kier alpha value is -3.41. The number of aromatic nitrogens is 3. The molecule has 0 saturated heterocycles. The third-order valence-electron chi connectivity index (χ3n) is 4.53. The summed E-state index contributed by atoms with van der Waals surface area (Å²) in [5.41, 5.74) is 3.13. The van der Waals surface area contributed by atoms with Crippen LogP contribution < -0.4 is 11.0 Å². The van der Waals surface area contributed by atoms with Crippen LogP contribution in [0, 0.1) is 0 Å². The van der Waals surface area contributed by atoms with Crippen LogP contribution >= 0.6 is 0 Å². The van der Waals surface area contributed by atoms with Crippen molar-refractivity contribution in [2.75, 3.05) is 5.32 Å². The number of imidazole rings is 1. The summed E-state index contributed by atoms with van der Waals surface area (Å²) in [7, 11) is 1.74. The molecule has 0 saturated carbocycles. The van der Waals surface area contributed by atoms with Crippen LogP contribution in [0.4, 0.5) is 5.69 Å². The highest BCUT2D eigenvalue weighted by Gasteiger charge is 2.12. The molecule has 4 aromatic rings. The van der Waals surface area contributed by atoms with E-state index in [4.69, 9.17) is 0 Å². The average molecular weight is 346 g/mol. The van der Waals surface area contributed by atoms with Crippen molar-refractivity contribution >= 4 is 33.5 Å². The highest BCUT2D eigenvalue weighted by atomic mass is 16.2. The van der Waals surface area contributed by atoms with Gasteiger partial charge in [0.1, 0.15) is 0 Å². The molecule has 0 aliphatic heterocycles. The maximum atomic E-state index is 12.4. The van der Waals surface area contributed by atoms with Gasteiger partial charge in [-0.05, 0) is 36.4 Å². The fraction of sp³-hybridized carbons (Fsp3) is 0.150. The first-order chi connectivity index (χ1) is 12.6. The molecule has 6 heteroatoms. The molecule has 26 heavy (non-hydrogen) atoms. The minimum Gasteiger partial charge on any atom is -0.325 e. The number of rotatable bonds is 4. The van der Waals surface area contributed by atoms with Crippen molar-refractivity contribution in [3.63, 3.8) is 0 Å². The molecule has 130 valence electrons. The normalized spacial score (nSPS) is 11.1. The Bertz CT molecular complexity index is 1170. The van der Waals surface area contributed by atoms with Crippen molar-refractivity contribution < 1.29 is 4.79 Å². The van der Waals surface area contributed by atoms with Crippen molar-refractivity contribution in [1.29, 1.82) is 0 Å². The Morgan fingerprint density at radius 3 is 2.69 bits per heavy atom. The van der Waals surface area contributed by atoms with Crippen LogP contribution in [-0.4, -0.2) is 20.0 Å². The Morgan fingerprint density at radius 1 is 1.04 bits per heavy atom. The van der Waals surface area contributed by atoms with Gasteiger partial charge in [-0.1, -0.05) is 18.2 Å². The maximum absolute atomic E-state index is 12.4. The summed E-state index contributed by atoms with van der Waals surface area (Å²) in [5, 5.41) is 3.82. The zero-order chi connectivity index (χ0) is 18.1. The second-order valence-electron chi connectivity index (χ2n) is 6.16. The number of nitrogens with zero attached hydrogens (tertiary/aromatic N) is 3. The molecule has 0 fully saturated rings. The fourth-order valence-corrected chi connectivity index (χ4v) is 3.22. The minimum atomic E-state index is -0.138. The highest BCUT2D eigenvalue weighted by Crippen LogP contribution is 2.21. The summed E-state index contributed by atoms with van der Waals surface area (Å²) in [6.07, 6.45) is 1.94. The summed E-state index contributed by atoms with van der Waals surface area (Å²) in [5.74, 6) is -0.138. The number of aryl methyl sites for hydroxylation is 2. The average Bonchev–Trinajstić information content (AvgIpc) is 2.91. The van der Waals surface area contributed by atoms with Gasteiger partial charge in [-0.2, -0.15) is 0 Å². The van der Waals surface area contributed by atoms with E-state index in [-0.39, 0.29) is 18.0 Å². The second kappa shape index (κ2) is 6.48. The van der Waals surface area contributed by atoms with Crippen molar-refractivity contribution in [2.24, 2.45) is 7.05 Å². The molecule has 0 aliphatic carbocycles. The fourth-order valence-electron chi connectivity index (χ4n) is 3.22. The summed E-state index contributed by atoms with van der Waals surface area (Å²) in [4.78, 5) is 29.1. The standard InChI is InChI=1S/C20H18N4O2/c1-23-17-9-2-3-10-18(17)24(20(23)26)13-11-19(25)22-16-8-4-7-15-14(16)6-5-12-21-15/h2-10,12H,11,13H2,1H3,(H,22,25). The molecule has 0 bridgehead atoms. The maximum Gasteiger partial charge on any atom is 0.328 e. The lowest BCUT2D eigenvalue weighted by Gasteiger charge is -2.08. The van der Waals surface area contributed by atoms with Gasteiger partial charge in [-0.3, -0.25) is 18.9 Å². The number of hydrogen-bond donors (Lipinski definition) is 1. The highest BCUT2D eigenvalue weighted by molar-refractivity contribution is 6.00. The number of fused-ring (bicyclic) bond motifs is 2. The Morgan fingerprint density at radius 2 is 1.85 bits per heavy atom. The van der Waals surface area contributed by atoms with E-state index in [1.807, 2.05) is 54.6 Å². The van der Waals surface area contributed by atoms with E-state index in [2.05, 4.69) is 10.3 Å². The quantitative estimate of drug-likeness (QED) is 0.618. The third-order valence-corrected chi connectivity index (χ3v) is 4.53. The zero-order valence-corrected chi connectivity index (χ0v) is 14.3. The van der Waals surface area contributed by atoms with Crippen LogP contribution in [0.25, 0.3) is 21.9 Å². The van der Waals surface area contributed by atoms with Crippen LogP contribution in [0.2, 0.25) is 0 Å². The molecule has 4 rings (SSSR count). The Labute approximate surface area is 149 Å². The number of benzene rings is 2. The molecular weight excluding hydrogens is 328 g/mol. The van der Waals surface area contributed by atoms with E-state index in [0.29, 0.717) is 6.54 Å². The van der Waals surface area contributed by atoms with Crippen LogP contribution in [0.15, 0.2) is 65.6 Å². The van der Waals surface area contributed by atoms with Crippen molar-refractivity contribution in [2.45, 2.75) is 13.0 Å². The predicted molar refractivity (Wildman–Crippen MR) is 102 cm³/mol.